The van der Waals surface area contributed by atoms with Crippen molar-refractivity contribution in [1.82, 2.24) is 9.97 Å². The van der Waals surface area contributed by atoms with Crippen molar-refractivity contribution in [1.29, 1.82) is 0 Å². The van der Waals surface area contributed by atoms with Crippen molar-refractivity contribution in [3.63, 3.8) is 0 Å². The number of nitrogens with zero attached hydrogens (tertiary/aromatic N) is 2. The van der Waals surface area contributed by atoms with Gasteiger partial charge in [0.1, 0.15) is 5.15 Å². The number of nitrogens with one attached hydrogen (secondary N) is 1. The van der Waals surface area contributed by atoms with Crippen LogP contribution in [-0.4, -0.2) is 18.4 Å². The third kappa shape index (κ3) is 4.00. The van der Waals surface area contributed by atoms with Gasteiger partial charge in [0, 0.05) is 0 Å². The van der Waals surface area contributed by atoms with Gasteiger partial charge in [-0.25, -0.2) is 13.4 Å². The number of hydrogen-bond acceptors (Lipinski definition) is 4. The number of hydrogen-bond donors (Lipinski definition) is 1. The Bertz CT molecular complexity index is 772. The van der Waals surface area contributed by atoms with Crippen molar-refractivity contribution in [2.24, 2.45) is 0 Å². The number of sulfonamides is 1. The minimum absolute atomic E-state index is 0.105. The largest absolute Gasteiger partial charge is 0.263 e. The molecule has 3 rings (SSSR count). The predicted octanol–water partition coefficient (Wildman–Crippen LogP) is 3.98. The maximum Gasteiger partial charge on any atom is 0.263 e. The third-order valence-electron chi connectivity index (χ3n) is 4.11. The van der Waals surface area contributed by atoms with Crippen LogP contribution in [0.15, 0.2) is 41.6 Å². The normalized spacial score (nSPS) is 16.2. The quantitative estimate of drug-likeness (QED) is 0.904. The van der Waals surface area contributed by atoms with Gasteiger partial charge in [-0.05, 0) is 36.5 Å². The van der Waals surface area contributed by atoms with E-state index >= 15 is 0 Å². The minimum Gasteiger partial charge on any atom is -0.262 e. The summed E-state index contributed by atoms with van der Waals surface area (Å²) < 4.78 is 27.1. The second kappa shape index (κ2) is 6.84. The number of anilines is 1. The average Bonchev–Trinajstić information content (AvgIpc) is 2.55. The fraction of sp³-hybridized carbons (Fsp3) is 0.375. The van der Waals surface area contributed by atoms with E-state index in [2.05, 4.69) is 14.7 Å². The lowest BCUT2D eigenvalue weighted by atomic mass is 9.84. The lowest BCUT2D eigenvalue weighted by molar-refractivity contribution is 0.443. The summed E-state index contributed by atoms with van der Waals surface area (Å²) in [6.45, 7) is 0. The zero-order valence-electron chi connectivity index (χ0n) is 12.6. The maximum atomic E-state index is 12.4. The Kier molecular flexibility index (Phi) is 4.82. The van der Waals surface area contributed by atoms with Crippen molar-refractivity contribution >= 4 is 27.4 Å². The second-order valence-electron chi connectivity index (χ2n) is 5.74. The van der Waals surface area contributed by atoms with Crippen LogP contribution in [0, 0.1) is 0 Å². The van der Waals surface area contributed by atoms with E-state index in [0.717, 1.165) is 0 Å². The maximum absolute atomic E-state index is 12.4. The third-order valence-corrected chi connectivity index (χ3v) is 5.66. The molecule has 122 valence electrons. The molecule has 5 nitrogen and oxygen atoms in total. The van der Waals surface area contributed by atoms with Gasteiger partial charge in [0.25, 0.3) is 10.0 Å². The van der Waals surface area contributed by atoms with Crippen LogP contribution in [-0.2, 0) is 10.0 Å². The SMILES string of the molecule is O=S(=O)(Nc1cncc(Cl)n1)c1ccc(C2CCCCC2)cc1. The first-order valence-electron chi connectivity index (χ1n) is 7.65. The molecule has 0 spiro atoms. The van der Waals surface area contributed by atoms with Crippen LogP contribution in [0.4, 0.5) is 5.82 Å². The zero-order valence-corrected chi connectivity index (χ0v) is 14.1. The monoisotopic (exact) mass is 351 g/mol. The van der Waals surface area contributed by atoms with Gasteiger partial charge >= 0.3 is 0 Å². The highest BCUT2D eigenvalue weighted by Crippen LogP contribution is 2.33. The van der Waals surface area contributed by atoms with E-state index in [1.54, 1.807) is 12.1 Å². The molecule has 2 aromatic rings. The molecule has 1 aromatic carbocycles. The Morgan fingerprint density at radius 2 is 1.74 bits per heavy atom. The molecule has 1 fully saturated rings. The summed E-state index contributed by atoms with van der Waals surface area (Å²) in [4.78, 5) is 7.91. The first-order chi connectivity index (χ1) is 11.0. The highest BCUT2D eigenvalue weighted by molar-refractivity contribution is 7.92. The summed E-state index contributed by atoms with van der Waals surface area (Å²) in [5.74, 6) is 0.654. The number of halogens is 1. The zero-order chi connectivity index (χ0) is 16.3. The predicted molar refractivity (Wildman–Crippen MR) is 90.1 cm³/mol. The molecule has 0 bridgehead atoms. The molecule has 1 N–H and O–H groups in total. The topological polar surface area (TPSA) is 72.0 Å². The Hall–Kier alpha value is -1.66. The molecule has 0 saturated heterocycles. The van der Waals surface area contributed by atoms with Gasteiger partial charge in [0.2, 0.25) is 0 Å². The van der Waals surface area contributed by atoms with E-state index in [-0.39, 0.29) is 15.9 Å². The number of aromatic nitrogens is 2. The highest BCUT2D eigenvalue weighted by atomic mass is 35.5. The molecule has 1 saturated carbocycles. The van der Waals surface area contributed by atoms with Crippen LogP contribution < -0.4 is 4.72 Å². The standard InChI is InChI=1S/C16H18ClN3O2S/c17-15-10-18-11-16(19-15)20-23(21,22)14-8-6-13(7-9-14)12-4-2-1-3-5-12/h6-12H,1-5H2,(H,19,20). The van der Waals surface area contributed by atoms with Gasteiger partial charge in [0.15, 0.2) is 5.82 Å². The van der Waals surface area contributed by atoms with Crippen LogP contribution in [0.3, 0.4) is 0 Å². The molecular formula is C16H18ClN3O2S. The van der Waals surface area contributed by atoms with Crippen LogP contribution in [0.5, 0.6) is 0 Å². The molecule has 1 aromatic heterocycles. The molecule has 0 amide bonds. The summed E-state index contributed by atoms with van der Waals surface area (Å²) in [7, 11) is -3.69. The smallest absolute Gasteiger partial charge is 0.262 e. The summed E-state index contributed by atoms with van der Waals surface area (Å²) >= 11 is 5.72. The molecule has 1 heterocycles. The van der Waals surface area contributed by atoms with E-state index in [9.17, 15) is 8.42 Å². The van der Waals surface area contributed by atoms with Gasteiger partial charge in [0.05, 0.1) is 17.3 Å². The van der Waals surface area contributed by atoms with Crippen LogP contribution >= 0.6 is 11.6 Å². The molecule has 0 atom stereocenters. The van der Waals surface area contributed by atoms with Crippen molar-refractivity contribution in [3.8, 4) is 0 Å². The Balaban J connectivity index is 1.77. The average molecular weight is 352 g/mol. The summed E-state index contributed by atoms with van der Waals surface area (Å²) in [5.41, 5.74) is 1.21. The van der Waals surface area contributed by atoms with Gasteiger partial charge < -0.3 is 0 Å². The van der Waals surface area contributed by atoms with Crippen molar-refractivity contribution in [2.45, 2.75) is 42.9 Å². The fourth-order valence-corrected chi connectivity index (χ4v) is 4.08. The first kappa shape index (κ1) is 16.2. The van der Waals surface area contributed by atoms with Crippen LogP contribution in [0.2, 0.25) is 5.15 Å². The summed E-state index contributed by atoms with van der Waals surface area (Å²) in [6, 6.07) is 7.11. The molecule has 1 aliphatic carbocycles. The Morgan fingerprint density at radius 1 is 1.04 bits per heavy atom. The first-order valence-corrected chi connectivity index (χ1v) is 9.51. The molecule has 1 aliphatic rings. The molecular weight excluding hydrogens is 334 g/mol. The molecule has 7 heteroatoms. The molecule has 23 heavy (non-hydrogen) atoms. The van der Waals surface area contributed by atoms with Crippen molar-refractivity contribution < 1.29 is 8.42 Å². The molecule has 0 unspecified atom stereocenters. The number of benzene rings is 1. The van der Waals surface area contributed by atoms with E-state index in [1.807, 2.05) is 12.1 Å². The van der Waals surface area contributed by atoms with Crippen molar-refractivity contribution in [2.75, 3.05) is 4.72 Å². The van der Waals surface area contributed by atoms with Crippen LogP contribution in [0.1, 0.15) is 43.6 Å². The van der Waals surface area contributed by atoms with Gasteiger partial charge in [-0.3, -0.25) is 9.71 Å². The van der Waals surface area contributed by atoms with Crippen molar-refractivity contribution in [3.05, 3.63) is 47.4 Å². The number of rotatable bonds is 4. The van der Waals surface area contributed by atoms with Crippen LogP contribution in [0.25, 0.3) is 0 Å². The van der Waals surface area contributed by atoms with Gasteiger partial charge in [-0.1, -0.05) is 43.0 Å². The Morgan fingerprint density at radius 3 is 2.39 bits per heavy atom. The highest BCUT2D eigenvalue weighted by Gasteiger charge is 2.18. The minimum atomic E-state index is -3.69. The lowest BCUT2D eigenvalue weighted by Gasteiger charge is -2.22. The van der Waals surface area contributed by atoms with E-state index in [4.69, 9.17) is 11.6 Å². The second-order valence-corrected chi connectivity index (χ2v) is 7.81. The summed E-state index contributed by atoms with van der Waals surface area (Å²) in [5, 5.41) is 0.137. The van der Waals surface area contributed by atoms with Gasteiger partial charge in [-0.15, -0.1) is 0 Å². The lowest BCUT2D eigenvalue weighted by Crippen LogP contribution is -2.14. The molecule has 0 aliphatic heterocycles. The van der Waals surface area contributed by atoms with Gasteiger partial charge in [-0.2, -0.15) is 0 Å². The fourth-order valence-electron chi connectivity index (χ4n) is 2.94. The van der Waals surface area contributed by atoms with E-state index in [0.29, 0.717) is 5.92 Å². The Labute approximate surface area is 141 Å². The summed E-state index contributed by atoms with van der Waals surface area (Å²) in [6.07, 6.45) is 8.83. The van der Waals surface area contributed by atoms with E-state index in [1.165, 1.54) is 50.1 Å². The molecule has 0 radical (unpaired) electrons. The van der Waals surface area contributed by atoms with E-state index < -0.39 is 10.0 Å².